The van der Waals surface area contributed by atoms with Crippen LogP contribution in [0.2, 0.25) is 0 Å². The van der Waals surface area contributed by atoms with E-state index in [1.165, 1.54) is 44.2 Å². The van der Waals surface area contributed by atoms with E-state index < -0.39 is 0 Å². The molecular formula is C20H31NO3. The van der Waals surface area contributed by atoms with Gasteiger partial charge < -0.3 is 14.2 Å². The summed E-state index contributed by atoms with van der Waals surface area (Å²) in [4.78, 5) is 2.56. The van der Waals surface area contributed by atoms with Crippen LogP contribution in [0.4, 0.5) is 0 Å². The Balaban J connectivity index is 1.54. The minimum Gasteiger partial charge on any atom is -0.493 e. The quantitative estimate of drug-likeness (QED) is 0.795. The van der Waals surface area contributed by atoms with Crippen LogP contribution in [-0.4, -0.2) is 51.5 Å². The van der Waals surface area contributed by atoms with Crippen molar-refractivity contribution >= 4 is 0 Å². The van der Waals surface area contributed by atoms with E-state index in [1.807, 2.05) is 19.2 Å². The van der Waals surface area contributed by atoms with Gasteiger partial charge in [0.1, 0.15) is 6.61 Å². The van der Waals surface area contributed by atoms with Crippen molar-refractivity contribution in [1.82, 2.24) is 4.90 Å². The van der Waals surface area contributed by atoms with Crippen molar-refractivity contribution in [1.29, 1.82) is 0 Å². The van der Waals surface area contributed by atoms with E-state index in [0.29, 0.717) is 18.1 Å². The molecule has 4 heteroatoms. The summed E-state index contributed by atoms with van der Waals surface area (Å²) < 4.78 is 17.2. The van der Waals surface area contributed by atoms with Gasteiger partial charge in [-0.05, 0) is 56.8 Å². The normalized spacial score (nSPS) is 27.5. The number of benzene rings is 1. The van der Waals surface area contributed by atoms with Crippen molar-refractivity contribution in [3.8, 4) is 11.5 Å². The van der Waals surface area contributed by atoms with E-state index in [1.54, 1.807) is 7.11 Å². The summed E-state index contributed by atoms with van der Waals surface area (Å²) in [5, 5.41) is 0. The van der Waals surface area contributed by atoms with Crippen LogP contribution in [0.15, 0.2) is 18.2 Å². The average Bonchev–Trinajstić information content (AvgIpc) is 2.98. The molecule has 0 amide bonds. The molecule has 0 N–H and O–H groups in total. The zero-order valence-electron chi connectivity index (χ0n) is 15.3. The summed E-state index contributed by atoms with van der Waals surface area (Å²) in [6, 6.07) is 6.09. The van der Waals surface area contributed by atoms with Crippen molar-refractivity contribution in [2.75, 3.05) is 40.5 Å². The summed E-state index contributed by atoms with van der Waals surface area (Å²) in [5.74, 6) is 1.66. The van der Waals surface area contributed by atoms with Gasteiger partial charge in [0, 0.05) is 25.6 Å². The van der Waals surface area contributed by atoms with Crippen molar-refractivity contribution in [3.05, 3.63) is 23.8 Å². The highest BCUT2D eigenvalue weighted by molar-refractivity contribution is 5.42. The van der Waals surface area contributed by atoms with E-state index in [0.717, 1.165) is 24.6 Å². The Morgan fingerprint density at radius 3 is 2.79 bits per heavy atom. The Kier molecular flexibility index (Phi) is 5.67. The van der Waals surface area contributed by atoms with Gasteiger partial charge in [-0.25, -0.2) is 0 Å². The summed E-state index contributed by atoms with van der Waals surface area (Å²) in [5.41, 5.74) is 1.57. The van der Waals surface area contributed by atoms with Crippen LogP contribution in [0.5, 0.6) is 11.5 Å². The molecule has 0 radical (unpaired) electrons. The van der Waals surface area contributed by atoms with Gasteiger partial charge in [0.15, 0.2) is 11.5 Å². The molecule has 24 heavy (non-hydrogen) atoms. The number of hydrogen-bond acceptors (Lipinski definition) is 4. The molecule has 1 aromatic rings. The topological polar surface area (TPSA) is 30.9 Å². The van der Waals surface area contributed by atoms with E-state index in [2.05, 4.69) is 17.9 Å². The Hall–Kier alpha value is -1.26. The standard InChI is InChI=1S/C20H31NO3/c1-16-7-8-17(18(14-16)22-2)24-13-12-21-11-5-10-20(15-21)9-4-6-19(20)23-3/h7-8,14,19H,4-6,9-13,15H2,1-3H3/t19-,20-/m1/s1. The number of hydrogen-bond donors (Lipinski definition) is 0. The number of aryl methyl sites for hydroxylation is 1. The zero-order chi connectivity index (χ0) is 17.0. The lowest BCUT2D eigenvalue weighted by molar-refractivity contribution is -0.0366. The molecule has 0 unspecified atom stereocenters. The Bertz CT molecular complexity index is 548. The second-order valence-corrected chi connectivity index (χ2v) is 7.36. The highest BCUT2D eigenvalue weighted by Gasteiger charge is 2.45. The van der Waals surface area contributed by atoms with Crippen LogP contribution in [0, 0.1) is 12.3 Å². The van der Waals surface area contributed by atoms with Crippen molar-refractivity contribution < 1.29 is 14.2 Å². The summed E-state index contributed by atoms with van der Waals surface area (Å²) in [6.07, 6.45) is 6.88. The lowest BCUT2D eigenvalue weighted by Gasteiger charge is -2.43. The lowest BCUT2D eigenvalue weighted by Crippen LogP contribution is -2.48. The summed E-state index contributed by atoms with van der Waals surface area (Å²) in [7, 11) is 3.57. The van der Waals surface area contributed by atoms with E-state index >= 15 is 0 Å². The second kappa shape index (κ2) is 7.75. The number of nitrogens with zero attached hydrogens (tertiary/aromatic N) is 1. The summed E-state index contributed by atoms with van der Waals surface area (Å²) in [6.45, 7) is 6.06. The molecule has 2 atom stereocenters. The first-order chi connectivity index (χ1) is 11.7. The van der Waals surface area contributed by atoms with E-state index in [-0.39, 0.29) is 0 Å². The van der Waals surface area contributed by atoms with Crippen molar-refractivity contribution in [2.24, 2.45) is 5.41 Å². The molecule has 1 aliphatic heterocycles. The van der Waals surface area contributed by atoms with Crippen molar-refractivity contribution in [3.63, 3.8) is 0 Å². The fourth-order valence-corrected chi connectivity index (χ4v) is 4.57. The van der Waals surface area contributed by atoms with Crippen LogP contribution in [0.1, 0.15) is 37.7 Å². The first-order valence-electron chi connectivity index (χ1n) is 9.19. The molecule has 1 heterocycles. The number of rotatable bonds is 6. The van der Waals surface area contributed by atoms with Gasteiger partial charge in [-0.2, -0.15) is 0 Å². The third-order valence-electron chi connectivity index (χ3n) is 5.78. The molecule has 0 aromatic heterocycles. The Morgan fingerprint density at radius 2 is 2.00 bits per heavy atom. The second-order valence-electron chi connectivity index (χ2n) is 7.36. The maximum Gasteiger partial charge on any atom is 0.161 e. The molecule has 1 saturated carbocycles. The van der Waals surface area contributed by atoms with Gasteiger partial charge in [-0.3, -0.25) is 4.90 Å². The predicted octanol–water partition coefficient (Wildman–Crippen LogP) is 3.66. The predicted molar refractivity (Wildman–Crippen MR) is 96.0 cm³/mol. The average molecular weight is 333 g/mol. The third kappa shape index (κ3) is 3.70. The number of ether oxygens (including phenoxy) is 3. The van der Waals surface area contributed by atoms with Gasteiger partial charge >= 0.3 is 0 Å². The van der Waals surface area contributed by atoms with Gasteiger partial charge in [0.05, 0.1) is 13.2 Å². The Labute approximate surface area is 146 Å². The number of likely N-dealkylation sites (tertiary alicyclic amines) is 1. The first kappa shape index (κ1) is 17.6. The van der Waals surface area contributed by atoms with Crippen LogP contribution in [-0.2, 0) is 4.74 Å². The molecule has 3 rings (SSSR count). The fraction of sp³-hybridized carbons (Fsp3) is 0.700. The highest BCUT2D eigenvalue weighted by atomic mass is 16.5. The van der Waals surface area contributed by atoms with Crippen molar-refractivity contribution in [2.45, 2.75) is 45.1 Å². The monoisotopic (exact) mass is 333 g/mol. The van der Waals surface area contributed by atoms with Gasteiger partial charge in [-0.15, -0.1) is 0 Å². The lowest BCUT2D eigenvalue weighted by atomic mass is 9.76. The van der Waals surface area contributed by atoms with E-state index in [4.69, 9.17) is 14.2 Å². The van der Waals surface area contributed by atoms with Gasteiger partial charge in [0.2, 0.25) is 0 Å². The summed E-state index contributed by atoms with van der Waals surface area (Å²) >= 11 is 0. The molecule has 0 bridgehead atoms. The minimum absolute atomic E-state index is 0.383. The number of piperidine rings is 1. The number of methoxy groups -OCH3 is 2. The van der Waals surface area contributed by atoms with Gasteiger partial charge in [-0.1, -0.05) is 12.5 Å². The SMILES string of the molecule is COc1cc(C)ccc1OCCN1CCC[C@]2(CCC[C@H]2OC)C1. The maximum atomic E-state index is 5.99. The molecule has 134 valence electrons. The third-order valence-corrected chi connectivity index (χ3v) is 5.78. The molecule has 1 aliphatic carbocycles. The maximum absolute atomic E-state index is 5.99. The Morgan fingerprint density at radius 1 is 1.17 bits per heavy atom. The largest absolute Gasteiger partial charge is 0.493 e. The highest BCUT2D eigenvalue weighted by Crippen LogP contribution is 2.46. The van der Waals surface area contributed by atoms with Crippen LogP contribution in [0.3, 0.4) is 0 Å². The van der Waals surface area contributed by atoms with Gasteiger partial charge in [0.25, 0.3) is 0 Å². The molecule has 1 aromatic carbocycles. The smallest absolute Gasteiger partial charge is 0.161 e. The van der Waals surface area contributed by atoms with Crippen LogP contribution in [0.25, 0.3) is 0 Å². The molecule has 1 saturated heterocycles. The molecule has 1 spiro atoms. The molecule has 4 nitrogen and oxygen atoms in total. The van der Waals surface area contributed by atoms with Crippen LogP contribution >= 0.6 is 0 Å². The molecular weight excluding hydrogens is 302 g/mol. The minimum atomic E-state index is 0.383. The zero-order valence-corrected chi connectivity index (χ0v) is 15.3. The first-order valence-corrected chi connectivity index (χ1v) is 9.19. The van der Waals surface area contributed by atoms with E-state index in [9.17, 15) is 0 Å². The molecule has 2 aliphatic rings. The fourth-order valence-electron chi connectivity index (χ4n) is 4.57. The van der Waals surface area contributed by atoms with Crippen LogP contribution < -0.4 is 9.47 Å². The molecule has 2 fully saturated rings.